The van der Waals surface area contributed by atoms with E-state index >= 15 is 0 Å². The molecule has 1 aliphatic heterocycles. The van der Waals surface area contributed by atoms with Gasteiger partial charge in [0.15, 0.2) is 0 Å². The summed E-state index contributed by atoms with van der Waals surface area (Å²) in [5, 5.41) is 18.1. The van der Waals surface area contributed by atoms with Crippen molar-refractivity contribution < 1.29 is 19.8 Å². The van der Waals surface area contributed by atoms with E-state index in [9.17, 15) is 9.59 Å². The lowest BCUT2D eigenvalue weighted by molar-refractivity contribution is -0.147. The Balaban J connectivity index is 2.65. The van der Waals surface area contributed by atoms with Gasteiger partial charge in [0.2, 0.25) is 0 Å². The zero-order valence-electron chi connectivity index (χ0n) is 11.1. The van der Waals surface area contributed by atoms with Crippen molar-refractivity contribution in [2.75, 3.05) is 32.8 Å². The summed E-state index contributed by atoms with van der Waals surface area (Å²) >= 11 is 0. The van der Waals surface area contributed by atoms with Crippen molar-refractivity contribution in [1.29, 1.82) is 0 Å². The van der Waals surface area contributed by atoms with Crippen LogP contribution in [0.4, 0.5) is 4.79 Å². The number of aliphatic carboxylic acids is 1. The zero-order valence-corrected chi connectivity index (χ0v) is 11.1. The smallest absolute Gasteiger partial charge is 0.320 e. The predicted octanol–water partition coefficient (Wildman–Crippen LogP) is 0.607. The van der Waals surface area contributed by atoms with E-state index < -0.39 is 11.4 Å². The van der Waals surface area contributed by atoms with E-state index in [0.717, 1.165) is 6.42 Å². The van der Waals surface area contributed by atoms with E-state index in [1.54, 1.807) is 16.7 Å². The molecule has 1 saturated heterocycles. The molecule has 0 aliphatic carbocycles. The van der Waals surface area contributed by atoms with Crippen LogP contribution in [0.2, 0.25) is 0 Å². The number of urea groups is 1. The maximum Gasteiger partial charge on any atom is 0.320 e. The fourth-order valence-electron chi connectivity index (χ4n) is 2.19. The van der Waals surface area contributed by atoms with Crippen LogP contribution in [0.15, 0.2) is 0 Å². The third-order valence-corrected chi connectivity index (χ3v) is 3.39. The van der Waals surface area contributed by atoms with Crippen molar-refractivity contribution in [2.24, 2.45) is 5.41 Å². The summed E-state index contributed by atoms with van der Waals surface area (Å²) in [6.07, 6.45) is 1.29. The minimum atomic E-state index is -0.859. The molecule has 1 aliphatic rings. The first kappa shape index (κ1) is 14.8. The van der Waals surface area contributed by atoms with Gasteiger partial charge in [-0.25, -0.2) is 4.79 Å². The maximum absolute atomic E-state index is 12.2. The van der Waals surface area contributed by atoms with Crippen LogP contribution in [-0.4, -0.2) is 64.8 Å². The predicted molar refractivity (Wildman–Crippen MR) is 66.3 cm³/mol. The average Bonchev–Trinajstić information content (AvgIpc) is 2.72. The highest BCUT2D eigenvalue weighted by molar-refractivity contribution is 5.79. The second-order valence-electron chi connectivity index (χ2n) is 5.03. The van der Waals surface area contributed by atoms with Crippen molar-refractivity contribution in [3.05, 3.63) is 0 Å². The first-order valence-corrected chi connectivity index (χ1v) is 6.32. The van der Waals surface area contributed by atoms with Crippen molar-refractivity contribution in [3.8, 4) is 0 Å². The Morgan fingerprint density at radius 1 is 1.39 bits per heavy atom. The molecule has 1 unspecified atom stereocenters. The molecule has 0 saturated carbocycles. The molecule has 1 fully saturated rings. The second-order valence-corrected chi connectivity index (χ2v) is 5.03. The van der Waals surface area contributed by atoms with Crippen LogP contribution in [-0.2, 0) is 4.79 Å². The summed E-state index contributed by atoms with van der Waals surface area (Å²) in [5.41, 5.74) is -0.841. The molecule has 0 radical (unpaired) electrons. The van der Waals surface area contributed by atoms with Gasteiger partial charge in [0.05, 0.1) is 12.0 Å². The van der Waals surface area contributed by atoms with Gasteiger partial charge >= 0.3 is 12.0 Å². The SMILES string of the molecule is CCCN(CCO)C(=O)N1CCC(C)(C(=O)O)C1. The number of hydrogen-bond acceptors (Lipinski definition) is 3. The molecule has 104 valence electrons. The van der Waals surface area contributed by atoms with Crippen LogP contribution in [0.5, 0.6) is 0 Å². The van der Waals surface area contributed by atoms with Crippen LogP contribution in [0.25, 0.3) is 0 Å². The summed E-state index contributed by atoms with van der Waals surface area (Å²) in [7, 11) is 0. The number of nitrogens with zero attached hydrogens (tertiary/aromatic N) is 2. The first-order valence-electron chi connectivity index (χ1n) is 6.32. The summed E-state index contributed by atoms with van der Waals surface area (Å²) in [4.78, 5) is 26.5. The Bertz CT molecular complexity index is 315. The molecule has 1 atom stereocenters. The van der Waals surface area contributed by atoms with E-state index in [-0.39, 0.29) is 19.2 Å². The Morgan fingerprint density at radius 2 is 2.06 bits per heavy atom. The molecule has 0 aromatic carbocycles. The number of carbonyl (C=O) groups excluding carboxylic acids is 1. The lowest BCUT2D eigenvalue weighted by Gasteiger charge is -2.28. The number of amides is 2. The van der Waals surface area contributed by atoms with E-state index in [2.05, 4.69) is 0 Å². The van der Waals surface area contributed by atoms with Gasteiger partial charge in [-0.3, -0.25) is 4.79 Å². The lowest BCUT2D eigenvalue weighted by atomic mass is 9.90. The number of rotatable bonds is 5. The minimum Gasteiger partial charge on any atom is -0.481 e. The summed E-state index contributed by atoms with van der Waals surface area (Å²) in [6.45, 7) is 5.14. The quantitative estimate of drug-likeness (QED) is 0.757. The number of hydrogen-bond donors (Lipinski definition) is 2. The van der Waals surface area contributed by atoms with Gasteiger partial charge in [-0.05, 0) is 19.8 Å². The Kier molecular flexibility index (Phi) is 4.95. The van der Waals surface area contributed by atoms with Gasteiger partial charge in [0, 0.05) is 26.2 Å². The Hall–Kier alpha value is -1.30. The van der Waals surface area contributed by atoms with E-state index in [1.807, 2.05) is 6.92 Å². The molecule has 0 aromatic rings. The molecule has 18 heavy (non-hydrogen) atoms. The molecule has 0 bridgehead atoms. The van der Waals surface area contributed by atoms with Crippen molar-refractivity contribution in [1.82, 2.24) is 9.80 Å². The van der Waals surface area contributed by atoms with Crippen LogP contribution in [0.3, 0.4) is 0 Å². The van der Waals surface area contributed by atoms with Crippen molar-refractivity contribution in [3.63, 3.8) is 0 Å². The number of carboxylic acids is 1. The van der Waals surface area contributed by atoms with Gasteiger partial charge in [-0.2, -0.15) is 0 Å². The standard InChI is InChI=1S/C12H22N2O4/c1-3-5-13(7-8-15)11(18)14-6-4-12(2,9-14)10(16)17/h15H,3-9H2,1-2H3,(H,16,17). The number of carbonyl (C=O) groups is 2. The monoisotopic (exact) mass is 258 g/mol. The van der Waals surface area contributed by atoms with Crippen molar-refractivity contribution in [2.45, 2.75) is 26.7 Å². The summed E-state index contributed by atoms with van der Waals surface area (Å²) in [6, 6.07) is -0.170. The minimum absolute atomic E-state index is 0.0736. The van der Waals surface area contributed by atoms with Crippen LogP contribution < -0.4 is 0 Å². The Labute approximate surface area is 107 Å². The topological polar surface area (TPSA) is 81.1 Å². The normalized spacial score (nSPS) is 23.2. The molecule has 2 N–H and O–H groups in total. The maximum atomic E-state index is 12.2. The highest BCUT2D eigenvalue weighted by Crippen LogP contribution is 2.30. The van der Waals surface area contributed by atoms with Gasteiger partial charge in [0.1, 0.15) is 0 Å². The molecule has 6 nitrogen and oxygen atoms in total. The molecule has 2 amide bonds. The number of carboxylic acid groups (broad SMARTS) is 1. The lowest BCUT2D eigenvalue weighted by Crippen LogP contribution is -2.45. The van der Waals surface area contributed by atoms with E-state index in [1.165, 1.54) is 0 Å². The first-order chi connectivity index (χ1) is 8.44. The van der Waals surface area contributed by atoms with Gasteiger partial charge < -0.3 is 20.0 Å². The molecule has 0 aromatic heterocycles. The van der Waals surface area contributed by atoms with Crippen molar-refractivity contribution >= 4 is 12.0 Å². The van der Waals surface area contributed by atoms with Gasteiger partial charge in [-0.15, -0.1) is 0 Å². The molecular weight excluding hydrogens is 236 g/mol. The summed E-state index contributed by atoms with van der Waals surface area (Å²) < 4.78 is 0. The molecule has 1 rings (SSSR count). The molecular formula is C12H22N2O4. The number of likely N-dealkylation sites (tertiary alicyclic amines) is 1. The average molecular weight is 258 g/mol. The Morgan fingerprint density at radius 3 is 2.50 bits per heavy atom. The zero-order chi connectivity index (χ0) is 13.8. The summed E-state index contributed by atoms with van der Waals surface area (Å²) in [5.74, 6) is -0.859. The van der Waals surface area contributed by atoms with Crippen LogP contribution in [0.1, 0.15) is 26.7 Å². The number of aliphatic hydroxyl groups is 1. The van der Waals surface area contributed by atoms with E-state index in [4.69, 9.17) is 10.2 Å². The third kappa shape index (κ3) is 3.13. The van der Waals surface area contributed by atoms with E-state index in [0.29, 0.717) is 26.1 Å². The molecule has 0 spiro atoms. The van der Waals surface area contributed by atoms with Crippen LogP contribution >= 0.6 is 0 Å². The molecule has 6 heteroatoms. The largest absolute Gasteiger partial charge is 0.481 e. The fourth-order valence-corrected chi connectivity index (χ4v) is 2.19. The van der Waals surface area contributed by atoms with Gasteiger partial charge in [-0.1, -0.05) is 6.92 Å². The number of aliphatic hydroxyl groups excluding tert-OH is 1. The fraction of sp³-hybridized carbons (Fsp3) is 0.833. The second kappa shape index (κ2) is 6.04. The molecule has 1 heterocycles. The third-order valence-electron chi connectivity index (χ3n) is 3.39. The highest BCUT2D eigenvalue weighted by Gasteiger charge is 2.42. The highest BCUT2D eigenvalue weighted by atomic mass is 16.4. The van der Waals surface area contributed by atoms with Gasteiger partial charge in [0.25, 0.3) is 0 Å². The van der Waals surface area contributed by atoms with Crippen LogP contribution in [0, 0.1) is 5.41 Å².